The zero-order valence-electron chi connectivity index (χ0n) is 28.8. The fraction of sp³-hybridized carbons (Fsp3) is 0.191. The van der Waals surface area contributed by atoms with Crippen LogP contribution in [0.3, 0.4) is 0 Å². The van der Waals surface area contributed by atoms with Gasteiger partial charge in [0.15, 0.2) is 0 Å². The smallest absolute Gasteiger partial charge is 0.00251 e. The zero-order valence-corrected chi connectivity index (χ0v) is 28.8. The first-order valence-electron chi connectivity index (χ1n) is 17.2. The molecule has 0 heterocycles. The van der Waals surface area contributed by atoms with E-state index in [1.807, 2.05) is 33.8 Å². The maximum Gasteiger partial charge on any atom is -0.00251 e. The summed E-state index contributed by atoms with van der Waals surface area (Å²) in [6, 6.07) is 42.2. The molecule has 0 saturated carbocycles. The molecule has 0 aromatic heterocycles. The van der Waals surface area contributed by atoms with Crippen LogP contribution in [0.25, 0.3) is 55.4 Å². The van der Waals surface area contributed by atoms with E-state index >= 15 is 0 Å². The van der Waals surface area contributed by atoms with Crippen LogP contribution in [0, 0.1) is 25.2 Å². The summed E-state index contributed by atoms with van der Waals surface area (Å²) in [4.78, 5) is 0. The molecule has 0 nitrogen and oxygen atoms in total. The first-order chi connectivity index (χ1) is 23.1. The predicted octanol–water partition coefficient (Wildman–Crippen LogP) is 13.3. The maximum atomic E-state index is 5.85. The van der Waals surface area contributed by atoms with Crippen LogP contribution >= 0.6 is 0 Å². The van der Waals surface area contributed by atoms with Gasteiger partial charge < -0.3 is 0 Å². The summed E-state index contributed by atoms with van der Waals surface area (Å²) in [5, 5.41) is 5.07. The lowest BCUT2D eigenvalue weighted by molar-refractivity contribution is 0.594. The molecule has 7 rings (SSSR count). The van der Waals surface area contributed by atoms with E-state index in [4.69, 9.17) is 6.42 Å². The molecule has 1 aliphatic carbocycles. The quantitative estimate of drug-likeness (QED) is 0.138. The average Bonchev–Trinajstić information content (AvgIpc) is 3.31. The molecular weight excluding hydrogens is 565 g/mol. The van der Waals surface area contributed by atoms with Crippen LogP contribution in [0.5, 0.6) is 0 Å². The fourth-order valence-electron chi connectivity index (χ4n) is 6.85. The first-order valence-corrected chi connectivity index (χ1v) is 17.2. The Morgan fingerprint density at radius 3 is 1.85 bits per heavy atom. The number of hydrogen-bond donors (Lipinski definition) is 0. The van der Waals surface area contributed by atoms with E-state index in [1.54, 1.807) is 0 Å². The molecular formula is C47H46. The van der Waals surface area contributed by atoms with E-state index in [1.165, 1.54) is 60.5 Å². The standard InChI is InChI=1S/C43H34.2C2H6/c1-4-13-37(36-19-6-5-15-30(36)3)32-17-12-18-33(27-32)42-38-20-7-9-22-40(38)43(41-23-10-8-21-39(41)42)34-25-24-31-16-11-14-29(2)26-35(31)28-34;2*1-2/h1,5-13,15-25,27-29H,14,26H2,2-3H3;2*1-2H3/b37-13-;;. The third-order valence-electron chi connectivity index (χ3n) is 8.89. The van der Waals surface area contributed by atoms with Crippen LogP contribution in [0.2, 0.25) is 0 Å². The van der Waals surface area contributed by atoms with Gasteiger partial charge in [0, 0.05) is 0 Å². The van der Waals surface area contributed by atoms with Gasteiger partial charge >= 0.3 is 0 Å². The highest BCUT2D eigenvalue weighted by Crippen LogP contribution is 2.44. The Bertz CT molecular complexity index is 2050. The lowest BCUT2D eigenvalue weighted by atomic mass is 9.84. The van der Waals surface area contributed by atoms with Crippen molar-refractivity contribution in [2.24, 2.45) is 5.92 Å². The Kier molecular flexibility index (Phi) is 10.9. The highest BCUT2D eigenvalue weighted by Gasteiger charge is 2.19. The Hall–Kier alpha value is -5.12. The molecule has 0 bridgehead atoms. The Labute approximate surface area is 282 Å². The number of benzene rings is 6. The number of hydrogen-bond acceptors (Lipinski definition) is 0. The number of fused-ring (bicyclic) bond motifs is 3. The van der Waals surface area contributed by atoms with Crippen LogP contribution in [0.15, 0.2) is 127 Å². The third kappa shape index (κ3) is 6.72. The van der Waals surface area contributed by atoms with Crippen LogP contribution in [0.4, 0.5) is 0 Å². The zero-order chi connectivity index (χ0) is 33.3. The van der Waals surface area contributed by atoms with Crippen molar-refractivity contribution in [3.05, 3.63) is 155 Å². The second-order valence-electron chi connectivity index (χ2n) is 11.8. The average molecular weight is 611 g/mol. The van der Waals surface area contributed by atoms with E-state index in [2.05, 4.69) is 147 Å². The largest absolute Gasteiger partial charge is 0.115 e. The van der Waals surface area contributed by atoms with Crippen molar-refractivity contribution in [2.45, 2.75) is 54.4 Å². The second-order valence-corrected chi connectivity index (χ2v) is 11.8. The van der Waals surface area contributed by atoms with Crippen molar-refractivity contribution >= 4 is 33.2 Å². The Balaban J connectivity index is 0.00000105. The highest BCUT2D eigenvalue weighted by atomic mass is 14.2. The van der Waals surface area contributed by atoms with E-state index in [9.17, 15) is 0 Å². The minimum absolute atomic E-state index is 0.643. The number of allylic oxidation sites excluding steroid dienone is 2. The summed E-state index contributed by atoms with van der Waals surface area (Å²) in [6.45, 7) is 12.5. The second kappa shape index (κ2) is 15.4. The van der Waals surface area contributed by atoms with Crippen LogP contribution in [-0.4, -0.2) is 0 Å². The molecule has 0 N–H and O–H groups in total. The van der Waals surface area contributed by atoms with E-state index < -0.39 is 0 Å². The van der Waals surface area contributed by atoms with Crippen molar-refractivity contribution < 1.29 is 0 Å². The van der Waals surface area contributed by atoms with Crippen LogP contribution in [0.1, 0.15) is 68.9 Å². The maximum absolute atomic E-state index is 5.85. The Morgan fingerprint density at radius 2 is 1.26 bits per heavy atom. The highest BCUT2D eigenvalue weighted by molar-refractivity contribution is 6.21. The summed E-state index contributed by atoms with van der Waals surface area (Å²) in [5.41, 5.74) is 12.4. The van der Waals surface area contributed by atoms with E-state index in [-0.39, 0.29) is 0 Å². The van der Waals surface area contributed by atoms with Gasteiger partial charge in [-0.2, -0.15) is 0 Å². The molecule has 1 atom stereocenters. The minimum atomic E-state index is 0.643. The summed E-state index contributed by atoms with van der Waals surface area (Å²) in [5.74, 6) is 3.44. The first kappa shape index (κ1) is 33.2. The summed E-state index contributed by atoms with van der Waals surface area (Å²) in [7, 11) is 0. The lowest BCUT2D eigenvalue weighted by Crippen LogP contribution is -1.99. The molecule has 0 fully saturated rings. The SMILES string of the molecule is C#C/C=C(/c1cccc(-c2c3ccccc3c(-c3ccc4c(c3)CC(C)CC=C4)c3ccccc23)c1)c1ccccc1C.CC.CC. The molecule has 0 aliphatic heterocycles. The third-order valence-corrected chi connectivity index (χ3v) is 8.89. The molecule has 234 valence electrons. The molecule has 47 heavy (non-hydrogen) atoms. The van der Waals surface area contributed by atoms with E-state index in [0.29, 0.717) is 5.92 Å². The molecule has 1 aliphatic rings. The van der Waals surface area contributed by atoms with Gasteiger partial charge in [-0.3, -0.25) is 0 Å². The molecule has 0 saturated heterocycles. The number of aryl methyl sites for hydroxylation is 1. The number of rotatable bonds is 4. The van der Waals surface area contributed by atoms with Gasteiger partial charge in [-0.15, -0.1) is 6.42 Å². The van der Waals surface area contributed by atoms with Gasteiger partial charge in [0.1, 0.15) is 0 Å². The molecule has 0 heteroatoms. The summed E-state index contributed by atoms with van der Waals surface area (Å²) < 4.78 is 0. The molecule has 0 spiro atoms. The molecule has 0 radical (unpaired) electrons. The van der Waals surface area contributed by atoms with Crippen molar-refractivity contribution in [1.82, 2.24) is 0 Å². The molecule has 6 aromatic carbocycles. The van der Waals surface area contributed by atoms with Gasteiger partial charge in [-0.25, -0.2) is 0 Å². The predicted molar refractivity (Wildman–Crippen MR) is 209 cm³/mol. The Morgan fingerprint density at radius 1 is 0.681 bits per heavy atom. The molecule has 6 aromatic rings. The van der Waals surface area contributed by atoms with Crippen molar-refractivity contribution in [3.8, 4) is 34.6 Å². The van der Waals surface area contributed by atoms with Crippen LogP contribution in [-0.2, 0) is 6.42 Å². The van der Waals surface area contributed by atoms with Crippen molar-refractivity contribution in [1.29, 1.82) is 0 Å². The summed E-state index contributed by atoms with van der Waals surface area (Å²) >= 11 is 0. The monoisotopic (exact) mass is 610 g/mol. The van der Waals surface area contributed by atoms with Gasteiger partial charge in [-0.1, -0.05) is 162 Å². The van der Waals surface area contributed by atoms with Crippen molar-refractivity contribution in [3.63, 3.8) is 0 Å². The van der Waals surface area contributed by atoms with Gasteiger partial charge in [0.2, 0.25) is 0 Å². The normalized spacial score (nSPS) is 13.8. The molecule has 0 amide bonds. The minimum Gasteiger partial charge on any atom is -0.115 e. The topological polar surface area (TPSA) is 0 Å². The summed E-state index contributed by atoms with van der Waals surface area (Å²) in [6.07, 6.45) is 14.6. The molecule has 1 unspecified atom stereocenters. The van der Waals surface area contributed by atoms with E-state index in [0.717, 1.165) is 29.5 Å². The fourth-order valence-corrected chi connectivity index (χ4v) is 6.85. The van der Waals surface area contributed by atoms with Gasteiger partial charge in [0.25, 0.3) is 0 Å². The van der Waals surface area contributed by atoms with Crippen LogP contribution < -0.4 is 0 Å². The van der Waals surface area contributed by atoms with Gasteiger partial charge in [0.05, 0.1) is 0 Å². The van der Waals surface area contributed by atoms with Gasteiger partial charge in [-0.05, 0) is 115 Å². The number of terminal acetylenes is 1. The lowest BCUT2D eigenvalue weighted by Gasteiger charge is -2.19. The van der Waals surface area contributed by atoms with Crippen molar-refractivity contribution in [2.75, 3.05) is 0 Å².